The summed E-state index contributed by atoms with van der Waals surface area (Å²) >= 11 is 5.65. The summed E-state index contributed by atoms with van der Waals surface area (Å²) in [5, 5.41) is 4.00. The smallest absolute Gasteiger partial charge is 0.231 e. The first-order chi connectivity index (χ1) is 12.8. The van der Waals surface area contributed by atoms with Crippen molar-refractivity contribution in [3.05, 3.63) is 72.4 Å². The molecule has 0 saturated carbocycles. The second-order valence-corrected chi connectivity index (χ2v) is 6.44. The molecule has 2 aliphatic rings. The minimum atomic E-state index is -0.159. The summed E-state index contributed by atoms with van der Waals surface area (Å²) in [5.41, 5.74) is 1.81. The molecule has 0 spiro atoms. The molecular formula is C19H15N3O3S. The highest BCUT2D eigenvalue weighted by Gasteiger charge is 2.42. The molecule has 1 saturated heterocycles. The molecule has 0 amide bonds. The van der Waals surface area contributed by atoms with Gasteiger partial charge in [0.2, 0.25) is 6.79 Å². The van der Waals surface area contributed by atoms with Gasteiger partial charge in [0.15, 0.2) is 16.6 Å². The summed E-state index contributed by atoms with van der Waals surface area (Å²) in [7, 11) is 0. The standard InChI is InChI=1S/C19H15N3O3S/c26-19-21-17(13-4-1-2-8-20-13)18(15-5-3-9-23-15)22(19)12-6-7-14-16(10-12)25-11-24-14/h1-10,17-18H,11H2,(H,21,26)/t17-,18-/m1/s1. The van der Waals surface area contributed by atoms with E-state index in [-0.39, 0.29) is 18.9 Å². The third-order valence-electron chi connectivity index (χ3n) is 4.57. The first kappa shape index (κ1) is 15.2. The monoisotopic (exact) mass is 365 g/mol. The lowest BCUT2D eigenvalue weighted by Crippen LogP contribution is -2.29. The van der Waals surface area contributed by atoms with Crippen LogP contribution >= 0.6 is 12.2 Å². The van der Waals surface area contributed by atoms with Gasteiger partial charge in [-0.25, -0.2) is 0 Å². The molecule has 0 radical (unpaired) electrons. The van der Waals surface area contributed by atoms with Crippen molar-refractivity contribution in [2.75, 3.05) is 11.7 Å². The number of benzene rings is 1. The molecule has 0 bridgehead atoms. The summed E-state index contributed by atoms with van der Waals surface area (Å²) in [4.78, 5) is 6.54. The van der Waals surface area contributed by atoms with Gasteiger partial charge in [-0.15, -0.1) is 0 Å². The molecular weight excluding hydrogens is 350 g/mol. The Hall–Kier alpha value is -3.06. The zero-order valence-electron chi connectivity index (χ0n) is 13.7. The highest BCUT2D eigenvalue weighted by molar-refractivity contribution is 7.80. The van der Waals surface area contributed by atoms with Gasteiger partial charge in [0.1, 0.15) is 11.8 Å². The van der Waals surface area contributed by atoms with Gasteiger partial charge in [-0.1, -0.05) is 6.07 Å². The van der Waals surface area contributed by atoms with E-state index in [0.717, 1.165) is 22.9 Å². The average molecular weight is 365 g/mol. The molecule has 2 atom stereocenters. The van der Waals surface area contributed by atoms with Crippen LogP contribution in [0.3, 0.4) is 0 Å². The second-order valence-electron chi connectivity index (χ2n) is 6.05. The zero-order chi connectivity index (χ0) is 17.5. The fraction of sp³-hybridized carbons (Fsp3) is 0.158. The SMILES string of the molecule is S=C1N[C@H](c2ccccn2)[C@@H](c2ccco2)N1c1ccc2c(c1)OCO2. The van der Waals surface area contributed by atoms with E-state index < -0.39 is 0 Å². The van der Waals surface area contributed by atoms with E-state index >= 15 is 0 Å². The largest absolute Gasteiger partial charge is 0.467 e. The van der Waals surface area contributed by atoms with Crippen molar-refractivity contribution in [3.8, 4) is 11.5 Å². The molecule has 6 nitrogen and oxygen atoms in total. The maximum Gasteiger partial charge on any atom is 0.231 e. The van der Waals surface area contributed by atoms with E-state index in [2.05, 4.69) is 10.3 Å². The van der Waals surface area contributed by atoms with Crippen molar-refractivity contribution in [1.82, 2.24) is 10.3 Å². The number of hydrogen-bond donors (Lipinski definition) is 1. The Bertz CT molecular complexity index is 946. The van der Waals surface area contributed by atoms with Crippen LogP contribution in [0, 0.1) is 0 Å². The Balaban J connectivity index is 1.60. The molecule has 1 fully saturated rings. The minimum Gasteiger partial charge on any atom is -0.467 e. The van der Waals surface area contributed by atoms with E-state index in [1.807, 2.05) is 53.4 Å². The number of nitrogens with one attached hydrogen (secondary N) is 1. The van der Waals surface area contributed by atoms with Crippen molar-refractivity contribution in [2.24, 2.45) is 0 Å². The molecule has 0 unspecified atom stereocenters. The van der Waals surface area contributed by atoms with E-state index in [4.69, 9.17) is 26.1 Å². The number of nitrogens with zero attached hydrogens (tertiary/aromatic N) is 2. The van der Waals surface area contributed by atoms with E-state index in [0.29, 0.717) is 10.9 Å². The van der Waals surface area contributed by atoms with Crippen LogP contribution in [-0.4, -0.2) is 16.9 Å². The average Bonchev–Trinajstić information content (AvgIpc) is 3.41. The number of thiocarbonyl (C=S) groups is 1. The van der Waals surface area contributed by atoms with Crippen molar-refractivity contribution < 1.29 is 13.9 Å². The number of furan rings is 1. The van der Waals surface area contributed by atoms with E-state index in [1.165, 1.54) is 0 Å². The van der Waals surface area contributed by atoms with Crippen LogP contribution in [-0.2, 0) is 0 Å². The van der Waals surface area contributed by atoms with Gasteiger partial charge >= 0.3 is 0 Å². The lowest BCUT2D eigenvalue weighted by Gasteiger charge is -2.26. The third kappa shape index (κ3) is 2.40. The zero-order valence-corrected chi connectivity index (χ0v) is 14.5. The maximum atomic E-state index is 5.74. The molecule has 1 aromatic carbocycles. The summed E-state index contributed by atoms with van der Waals surface area (Å²) in [6, 6.07) is 15.2. The van der Waals surface area contributed by atoms with Crippen molar-refractivity contribution in [3.63, 3.8) is 0 Å². The summed E-state index contributed by atoms with van der Waals surface area (Å²) in [5.74, 6) is 2.26. The van der Waals surface area contributed by atoms with Crippen LogP contribution in [0.1, 0.15) is 23.5 Å². The van der Waals surface area contributed by atoms with Gasteiger partial charge in [0, 0.05) is 18.0 Å². The van der Waals surface area contributed by atoms with Crippen LogP contribution in [0.2, 0.25) is 0 Å². The highest BCUT2D eigenvalue weighted by atomic mass is 32.1. The number of rotatable bonds is 3. The number of anilines is 1. The van der Waals surface area contributed by atoms with E-state index in [1.54, 1.807) is 12.5 Å². The molecule has 5 rings (SSSR count). The van der Waals surface area contributed by atoms with Gasteiger partial charge < -0.3 is 24.1 Å². The van der Waals surface area contributed by atoms with Crippen LogP contribution in [0.25, 0.3) is 0 Å². The third-order valence-corrected chi connectivity index (χ3v) is 4.88. The van der Waals surface area contributed by atoms with Gasteiger partial charge in [-0.05, 0) is 48.6 Å². The maximum absolute atomic E-state index is 5.74. The molecule has 2 aromatic heterocycles. The van der Waals surface area contributed by atoms with Crippen LogP contribution in [0.5, 0.6) is 11.5 Å². The molecule has 7 heteroatoms. The van der Waals surface area contributed by atoms with Crippen LogP contribution in [0.15, 0.2) is 65.4 Å². The normalized spacial score (nSPS) is 21.1. The van der Waals surface area contributed by atoms with Gasteiger partial charge in [0.05, 0.1) is 18.0 Å². The Morgan fingerprint density at radius 3 is 2.81 bits per heavy atom. The number of fused-ring (bicyclic) bond motifs is 1. The number of ether oxygens (including phenoxy) is 2. The van der Waals surface area contributed by atoms with Gasteiger partial charge in [-0.2, -0.15) is 0 Å². The fourth-order valence-corrected chi connectivity index (χ4v) is 3.76. The number of hydrogen-bond acceptors (Lipinski definition) is 5. The van der Waals surface area contributed by atoms with E-state index in [9.17, 15) is 0 Å². The molecule has 0 aliphatic carbocycles. The Labute approximate surface area is 155 Å². The molecule has 4 heterocycles. The first-order valence-corrected chi connectivity index (χ1v) is 8.66. The predicted molar refractivity (Wildman–Crippen MR) is 99.2 cm³/mol. The lowest BCUT2D eigenvalue weighted by atomic mass is 10.0. The van der Waals surface area contributed by atoms with Crippen LogP contribution < -0.4 is 19.7 Å². The molecule has 2 aliphatic heterocycles. The highest BCUT2D eigenvalue weighted by Crippen LogP contribution is 2.44. The quantitative estimate of drug-likeness (QED) is 0.712. The first-order valence-electron chi connectivity index (χ1n) is 8.25. The number of aromatic nitrogens is 1. The van der Waals surface area contributed by atoms with Crippen molar-refractivity contribution in [2.45, 2.75) is 12.1 Å². The van der Waals surface area contributed by atoms with Crippen molar-refractivity contribution >= 4 is 23.0 Å². The summed E-state index contributed by atoms with van der Waals surface area (Å²) in [6.07, 6.45) is 3.45. The second kappa shape index (κ2) is 6.03. The topological polar surface area (TPSA) is 59.8 Å². The predicted octanol–water partition coefficient (Wildman–Crippen LogP) is 3.58. The lowest BCUT2D eigenvalue weighted by molar-refractivity contribution is 0.174. The number of pyridine rings is 1. The van der Waals surface area contributed by atoms with Crippen LogP contribution in [0.4, 0.5) is 5.69 Å². The summed E-state index contributed by atoms with van der Waals surface area (Å²) < 4.78 is 16.7. The Morgan fingerprint density at radius 2 is 2.00 bits per heavy atom. The molecule has 3 aromatic rings. The minimum absolute atomic E-state index is 0.125. The summed E-state index contributed by atoms with van der Waals surface area (Å²) in [6.45, 7) is 0.236. The fourth-order valence-electron chi connectivity index (χ4n) is 3.42. The Morgan fingerprint density at radius 1 is 1.08 bits per heavy atom. The van der Waals surface area contributed by atoms with Gasteiger partial charge in [0.25, 0.3) is 0 Å². The molecule has 26 heavy (non-hydrogen) atoms. The molecule has 130 valence electrons. The molecule has 1 N–H and O–H groups in total. The van der Waals surface area contributed by atoms with Gasteiger partial charge in [-0.3, -0.25) is 4.98 Å². The van der Waals surface area contributed by atoms with Crippen molar-refractivity contribution in [1.29, 1.82) is 0 Å². The Kier molecular flexibility index (Phi) is 3.53.